The van der Waals surface area contributed by atoms with Crippen LogP contribution in [0.3, 0.4) is 0 Å². The standard InChI is InChI=1S/C20H15N5O2.2H2/c1-12(26)14-8-5-9-15(10-14)16-11-22-18(21)17(23-16)20-25-24-19(27-20)13-6-3-2-4-7-13;;/h2-11H,1H3,(H2,21,22);2*1H. The summed E-state index contributed by atoms with van der Waals surface area (Å²) in [5.74, 6) is 0.717. The maximum absolute atomic E-state index is 11.6. The quantitative estimate of drug-likeness (QED) is 0.544. The monoisotopic (exact) mass is 361 g/mol. The third kappa shape index (κ3) is 3.30. The van der Waals surface area contributed by atoms with Gasteiger partial charge in [0.25, 0.3) is 5.89 Å². The molecule has 0 aliphatic carbocycles. The van der Waals surface area contributed by atoms with E-state index in [-0.39, 0.29) is 20.3 Å². The summed E-state index contributed by atoms with van der Waals surface area (Å²) < 4.78 is 5.73. The average Bonchev–Trinajstić information content (AvgIpc) is 3.19. The smallest absolute Gasteiger partial charge is 0.270 e. The Morgan fingerprint density at radius 3 is 2.52 bits per heavy atom. The first kappa shape index (κ1) is 16.6. The number of carbonyl (C=O) groups excluding carboxylic acids is 1. The molecule has 0 fully saturated rings. The van der Waals surface area contributed by atoms with Crippen LogP contribution in [0.1, 0.15) is 20.1 Å². The lowest BCUT2D eigenvalue weighted by molar-refractivity contribution is 0.101. The highest BCUT2D eigenvalue weighted by Crippen LogP contribution is 2.28. The van der Waals surface area contributed by atoms with Crippen molar-refractivity contribution in [3.05, 3.63) is 66.4 Å². The highest BCUT2D eigenvalue weighted by atomic mass is 16.4. The van der Waals surface area contributed by atoms with Gasteiger partial charge in [0.2, 0.25) is 5.89 Å². The number of Topliss-reactive ketones (excluding diaryl/α,β-unsaturated/α-hetero) is 1. The Morgan fingerprint density at radius 1 is 1.00 bits per heavy atom. The molecule has 2 aromatic carbocycles. The maximum Gasteiger partial charge on any atom is 0.270 e. The Kier molecular flexibility index (Phi) is 4.18. The number of hydrogen-bond donors (Lipinski definition) is 1. The van der Waals surface area contributed by atoms with Gasteiger partial charge in [-0.3, -0.25) is 4.79 Å². The van der Waals surface area contributed by atoms with Crippen molar-refractivity contribution in [3.8, 4) is 34.3 Å². The molecule has 2 N–H and O–H groups in total. The molecule has 0 saturated carbocycles. The first-order valence-corrected chi connectivity index (χ1v) is 8.25. The third-order valence-electron chi connectivity index (χ3n) is 4.01. The molecule has 2 heterocycles. The molecule has 0 atom stereocenters. The molecular weight excluding hydrogens is 342 g/mol. The Bertz CT molecular complexity index is 1130. The number of rotatable bonds is 4. The van der Waals surface area contributed by atoms with Crippen LogP contribution in [0.4, 0.5) is 5.82 Å². The van der Waals surface area contributed by atoms with Gasteiger partial charge < -0.3 is 10.2 Å². The highest BCUT2D eigenvalue weighted by molar-refractivity contribution is 5.95. The Balaban J connectivity index is 0.00000150. The average molecular weight is 361 g/mol. The van der Waals surface area contributed by atoms with Gasteiger partial charge in [0.15, 0.2) is 17.3 Å². The molecule has 4 aromatic rings. The summed E-state index contributed by atoms with van der Waals surface area (Å²) in [6.45, 7) is 1.52. The topological polar surface area (TPSA) is 108 Å². The van der Waals surface area contributed by atoms with Crippen LogP contribution in [0, 0.1) is 0 Å². The lowest BCUT2D eigenvalue weighted by atomic mass is 10.1. The van der Waals surface area contributed by atoms with E-state index in [1.807, 2.05) is 36.4 Å². The highest BCUT2D eigenvalue weighted by Gasteiger charge is 2.17. The van der Waals surface area contributed by atoms with Crippen molar-refractivity contribution >= 4 is 11.6 Å². The molecule has 0 saturated heterocycles. The van der Waals surface area contributed by atoms with E-state index in [2.05, 4.69) is 20.2 Å². The largest absolute Gasteiger partial charge is 0.414 e. The van der Waals surface area contributed by atoms with E-state index in [1.54, 1.807) is 24.4 Å². The molecule has 7 nitrogen and oxygen atoms in total. The second-order valence-corrected chi connectivity index (χ2v) is 5.90. The fourth-order valence-electron chi connectivity index (χ4n) is 2.61. The lowest BCUT2D eigenvalue weighted by Crippen LogP contribution is -2.00. The summed E-state index contributed by atoms with van der Waals surface area (Å²) in [6.07, 6.45) is 1.55. The first-order chi connectivity index (χ1) is 13.1. The molecule has 0 aliphatic rings. The van der Waals surface area contributed by atoms with Crippen molar-refractivity contribution in [1.82, 2.24) is 20.2 Å². The number of nitrogens with zero attached hydrogens (tertiary/aromatic N) is 4. The van der Waals surface area contributed by atoms with Gasteiger partial charge in [0.1, 0.15) is 0 Å². The van der Waals surface area contributed by atoms with E-state index < -0.39 is 0 Å². The van der Waals surface area contributed by atoms with Crippen molar-refractivity contribution in [2.24, 2.45) is 0 Å². The number of aromatic nitrogens is 4. The van der Waals surface area contributed by atoms with Gasteiger partial charge in [-0.05, 0) is 25.1 Å². The van der Waals surface area contributed by atoms with Crippen LogP contribution in [0.2, 0.25) is 0 Å². The van der Waals surface area contributed by atoms with E-state index in [0.717, 1.165) is 11.1 Å². The number of hydrogen-bond acceptors (Lipinski definition) is 7. The summed E-state index contributed by atoms with van der Waals surface area (Å²) in [4.78, 5) is 20.3. The normalized spacial score (nSPS) is 10.7. The van der Waals surface area contributed by atoms with Crippen LogP contribution in [0.15, 0.2) is 65.2 Å². The fraction of sp³-hybridized carbons (Fsp3) is 0.0500. The minimum atomic E-state index is -0.0233. The zero-order valence-electron chi connectivity index (χ0n) is 14.5. The van der Waals surface area contributed by atoms with E-state index >= 15 is 0 Å². The fourth-order valence-corrected chi connectivity index (χ4v) is 2.61. The van der Waals surface area contributed by atoms with E-state index in [1.165, 1.54) is 6.92 Å². The van der Waals surface area contributed by atoms with Crippen molar-refractivity contribution in [1.29, 1.82) is 0 Å². The Labute approximate surface area is 157 Å². The van der Waals surface area contributed by atoms with Crippen molar-refractivity contribution in [2.75, 3.05) is 5.73 Å². The lowest BCUT2D eigenvalue weighted by Gasteiger charge is -2.05. The van der Waals surface area contributed by atoms with E-state index in [9.17, 15) is 4.79 Å². The SMILES string of the molecule is CC(=O)c1cccc(-c2cnc(N)c(-c3nnc(-c4ccccc4)o3)n2)c1.[HH].[HH]. The third-order valence-corrected chi connectivity index (χ3v) is 4.01. The van der Waals surface area contributed by atoms with Crippen molar-refractivity contribution < 1.29 is 12.1 Å². The van der Waals surface area contributed by atoms with Gasteiger partial charge >= 0.3 is 0 Å². The molecule has 136 valence electrons. The molecule has 0 aliphatic heterocycles. The molecule has 7 heteroatoms. The predicted octanol–water partition coefficient (Wildman–Crippen LogP) is 4.14. The maximum atomic E-state index is 11.6. The predicted molar refractivity (Wildman–Crippen MR) is 105 cm³/mol. The van der Waals surface area contributed by atoms with Gasteiger partial charge in [-0.25, -0.2) is 9.97 Å². The minimum Gasteiger partial charge on any atom is -0.414 e. The van der Waals surface area contributed by atoms with E-state index in [0.29, 0.717) is 22.8 Å². The number of anilines is 1. The summed E-state index contributed by atoms with van der Waals surface area (Å²) in [5, 5.41) is 8.11. The number of carbonyl (C=O) groups is 1. The molecule has 0 spiro atoms. The van der Waals surface area contributed by atoms with Gasteiger partial charge in [0.05, 0.1) is 11.9 Å². The van der Waals surface area contributed by atoms with Gasteiger partial charge in [0, 0.05) is 19.5 Å². The van der Waals surface area contributed by atoms with Gasteiger partial charge in [-0.1, -0.05) is 36.4 Å². The summed E-state index contributed by atoms with van der Waals surface area (Å²) in [7, 11) is 0. The molecule has 0 amide bonds. The second kappa shape index (κ2) is 6.80. The summed E-state index contributed by atoms with van der Waals surface area (Å²) >= 11 is 0. The zero-order valence-corrected chi connectivity index (χ0v) is 14.5. The van der Waals surface area contributed by atoms with Crippen LogP contribution in [0.25, 0.3) is 34.3 Å². The molecule has 27 heavy (non-hydrogen) atoms. The van der Waals surface area contributed by atoms with Crippen LogP contribution >= 0.6 is 0 Å². The van der Waals surface area contributed by atoms with E-state index in [4.69, 9.17) is 10.2 Å². The molecular formula is C20H19N5O2. The Morgan fingerprint density at radius 2 is 1.74 bits per heavy atom. The van der Waals surface area contributed by atoms with Gasteiger partial charge in [-0.15, -0.1) is 10.2 Å². The van der Waals surface area contributed by atoms with Crippen LogP contribution in [0.5, 0.6) is 0 Å². The number of nitrogen functional groups attached to an aromatic ring is 1. The molecule has 0 unspecified atom stereocenters. The minimum absolute atomic E-state index is 0. The van der Waals surface area contributed by atoms with Crippen molar-refractivity contribution in [2.45, 2.75) is 6.92 Å². The summed E-state index contributed by atoms with van der Waals surface area (Å²) in [5.41, 5.74) is 8.97. The Hall–Kier alpha value is -3.87. The van der Waals surface area contributed by atoms with Crippen LogP contribution in [-0.2, 0) is 0 Å². The molecule has 2 aromatic heterocycles. The second-order valence-electron chi connectivity index (χ2n) is 5.90. The number of ketones is 1. The zero-order chi connectivity index (χ0) is 18.8. The number of nitrogens with two attached hydrogens (primary N) is 1. The van der Waals surface area contributed by atoms with Gasteiger partial charge in [-0.2, -0.15) is 0 Å². The number of benzene rings is 2. The summed E-state index contributed by atoms with van der Waals surface area (Å²) in [6, 6.07) is 16.6. The van der Waals surface area contributed by atoms with Crippen LogP contribution in [-0.4, -0.2) is 25.9 Å². The molecule has 4 rings (SSSR count). The van der Waals surface area contributed by atoms with Crippen LogP contribution < -0.4 is 5.73 Å². The molecule has 0 radical (unpaired) electrons. The van der Waals surface area contributed by atoms with Crippen molar-refractivity contribution in [3.63, 3.8) is 0 Å². The first-order valence-electron chi connectivity index (χ1n) is 8.25. The molecule has 0 bridgehead atoms.